The number of hydrogen-bond donors (Lipinski definition) is 2. The molecule has 1 saturated heterocycles. The Morgan fingerprint density at radius 1 is 1.53 bits per heavy atom. The summed E-state index contributed by atoms with van der Waals surface area (Å²) >= 11 is 2.05. The van der Waals surface area contributed by atoms with E-state index in [4.69, 9.17) is 5.73 Å². The van der Waals surface area contributed by atoms with Crippen LogP contribution in [0.5, 0.6) is 0 Å². The lowest BCUT2D eigenvalue weighted by Gasteiger charge is -2.15. The first-order valence-corrected chi connectivity index (χ1v) is 6.59. The van der Waals surface area contributed by atoms with Crippen LogP contribution in [0.3, 0.4) is 0 Å². The molecule has 1 aromatic carbocycles. The van der Waals surface area contributed by atoms with Crippen LogP contribution in [-0.4, -0.2) is 18.1 Å². The molecule has 0 saturated carbocycles. The molecule has 1 unspecified atom stereocenters. The van der Waals surface area contributed by atoms with E-state index in [1.54, 1.807) is 0 Å². The van der Waals surface area contributed by atoms with E-state index < -0.39 is 0 Å². The number of anilines is 2. The Labute approximate surface area is 95.6 Å². The predicted molar refractivity (Wildman–Crippen MR) is 69.5 cm³/mol. The topological polar surface area (TPSA) is 38.0 Å². The van der Waals surface area contributed by atoms with Crippen LogP contribution in [0.15, 0.2) is 18.2 Å². The normalized spacial score (nSPS) is 20.5. The van der Waals surface area contributed by atoms with Crippen molar-refractivity contribution in [3.05, 3.63) is 23.8 Å². The molecule has 15 heavy (non-hydrogen) atoms. The van der Waals surface area contributed by atoms with Gasteiger partial charge in [-0.05, 0) is 42.4 Å². The van der Waals surface area contributed by atoms with Crippen LogP contribution < -0.4 is 11.1 Å². The molecule has 2 nitrogen and oxygen atoms in total. The maximum atomic E-state index is 5.94. The summed E-state index contributed by atoms with van der Waals surface area (Å²) in [5, 5.41) is 3.48. The third-order valence-corrected chi connectivity index (χ3v) is 4.13. The molecular weight excluding hydrogens is 204 g/mol. The third-order valence-electron chi connectivity index (χ3n) is 2.90. The molecule has 1 aliphatic heterocycles. The molecule has 1 aromatic rings. The van der Waals surface area contributed by atoms with Crippen LogP contribution in [0, 0.1) is 12.8 Å². The number of nitrogens with one attached hydrogen (secondary N) is 1. The largest absolute Gasteiger partial charge is 0.397 e. The fourth-order valence-electron chi connectivity index (χ4n) is 1.92. The van der Waals surface area contributed by atoms with Gasteiger partial charge in [0.1, 0.15) is 0 Å². The van der Waals surface area contributed by atoms with Crippen LogP contribution in [-0.2, 0) is 0 Å². The summed E-state index contributed by atoms with van der Waals surface area (Å²) < 4.78 is 0. The molecule has 0 radical (unpaired) electrons. The number of nitrogen functional groups attached to an aromatic ring is 1. The number of aryl methyl sites for hydroxylation is 1. The Morgan fingerprint density at radius 3 is 3.07 bits per heavy atom. The lowest BCUT2D eigenvalue weighted by atomic mass is 10.1. The van der Waals surface area contributed by atoms with E-state index in [0.717, 1.165) is 23.8 Å². The molecule has 0 bridgehead atoms. The highest BCUT2D eigenvalue weighted by atomic mass is 32.2. The number of rotatable bonds is 3. The van der Waals surface area contributed by atoms with E-state index in [1.807, 2.05) is 12.1 Å². The van der Waals surface area contributed by atoms with Gasteiger partial charge >= 0.3 is 0 Å². The maximum Gasteiger partial charge on any atom is 0.0603 e. The van der Waals surface area contributed by atoms with Crippen molar-refractivity contribution in [3.63, 3.8) is 0 Å². The summed E-state index contributed by atoms with van der Waals surface area (Å²) in [4.78, 5) is 0. The molecule has 82 valence electrons. The minimum atomic E-state index is 0.814. The van der Waals surface area contributed by atoms with Gasteiger partial charge in [-0.1, -0.05) is 12.1 Å². The molecule has 0 spiro atoms. The fourth-order valence-corrected chi connectivity index (χ4v) is 3.21. The average Bonchev–Trinajstić information content (AvgIpc) is 2.70. The lowest BCUT2D eigenvalue weighted by Crippen LogP contribution is -2.15. The van der Waals surface area contributed by atoms with Crippen molar-refractivity contribution >= 4 is 23.1 Å². The zero-order chi connectivity index (χ0) is 10.7. The third kappa shape index (κ3) is 2.59. The van der Waals surface area contributed by atoms with Crippen molar-refractivity contribution in [2.75, 3.05) is 29.1 Å². The van der Waals surface area contributed by atoms with Crippen molar-refractivity contribution in [2.45, 2.75) is 13.3 Å². The summed E-state index contributed by atoms with van der Waals surface area (Å²) in [5.41, 5.74) is 9.16. The Morgan fingerprint density at radius 2 is 2.40 bits per heavy atom. The Kier molecular flexibility index (Phi) is 3.41. The van der Waals surface area contributed by atoms with Gasteiger partial charge in [-0.15, -0.1) is 0 Å². The summed E-state index contributed by atoms with van der Waals surface area (Å²) in [7, 11) is 0. The molecule has 1 fully saturated rings. The van der Waals surface area contributed by atoms with E-state index >= 15 is 0 Å². The molecular formula is C12H18N2S. The van der Waals surface area contributed by atoms with Crippen LogP contribution in [0.25, 0.3) is 0 Å². The first kappa shape index (κ1) is 10.7. The second-order valence-electron chi connectivity index (χ2n) is 4.15. The number of hydrogen-bond acceptors (Lipinski definition) is 3. The van der Waals surface area contributed by atoms with Gasteiger partial charge in [0, 0.05) is 6.54 Å². The summed E-state index contributed by atoms with van der Waals surface area (Å²) in [6.07, 6.45) is 1.34. The molecule has 1 aliphatic rings. The monoisotopic (exact) mass is 222 g/mol. The molecule has 2 rings (SSSR count). The predicted octanol–water partition coefficient (Wildman–Crippen LogP) is 2.74. The average molecular weight is 222 g/mol. The lowest BCUT2D eigenvalue weighted by molar-refractivity contribution is 0.632. The zero-order valence-corrected chi connectivity index (χ0v) is 9.94. The van der Waals surface area contributed by atoms with Crippen LogP contribution in [0.4, 0.5) is 11.4 Å². The van der Waals surface area contributed by atoms with Crippen molar-refractivity contribution < 1.29 is 0 Å². The van der Waals surface area contributed by atoms with Crippen molar-refractivity contribution in [1.82, 2.24) is 0 Å². The molecule has 1 atom stereocenters. The quantitative estimate of drug-likeness (QED) is 0.772. The smallest absolute Gasteiger partial charge is 0.0603 e. The molecule has 3 heteroatoms. The second kappa shape index (κ2) is 4.79. The highest BCUT2D eigenvalue weighted by Gasteiger charge is 2.15. The summed E-state index contributed by atoms with van der Waals surface area (Å²) in [6, 6.07) is 6.06. The van der Waals surface area contributed by atoms with E-state index in [2.05, 4.69) is 30.1 Å². The van der Waals surface area contributed by atoms with Gasteiger partial charge < -0.3 is 11.1 Å². The number of para-hydroxylation sites is 1. The second-order valence-corrected chi connectivity index (χ2v) is 5.30. The standard InChI is InChI=1S/C12H18N2S/c1-9-3-2-4-11(13)12(9)14-7-10-5-6-15-8-10/h2-4,10,14H,5-8,13H2,1H3. The molecule has 1 heterocycles. The highest BCUT2D eigenvalue weighted by Crippen LogP contribution is 2.26. The number of thioether (sulfide) groups is 1. The molecule has 0 aliphatic carbocycles. The molecule has 3 N–H and O–H groups in total. The minimum Gasteiger partial charge on any atom is -0.397 e. The van der Waals surface area contributed by atoms with Crippen molar-refractivity contribution in [1.29, 1.82) is 0 Å². The van der Waals surface area contributed by atoms with Gasteiger partial charge in [-0.2, -0.15) is 11.8 Å². The Hall–Kier alpha value is -0.830. The van der Waals surface area contributed by atoms with Gasteiger partial charge in [0.05, 0.1) is 11.4 Å². The van der Waals surface area contributed by atoms with Crippen LogP contribution in [0.1, 0.15) is 12.0 Å². The SMILES string of the molecule is Cc1cccc(N)c1NCC1CCSC1. The first-order chi connectivity index (χ1) is 7.27. The summed E-state index contributed by atoms with van der Waals surface area (Å²) in [5.74, 6) is 3.42. The van der Waals surface area contributed by atoms with Crippen molar-refractivity contribution in [2.24, 2.45) is 5.92 Å². The van der Waals surface area contributed by atoms with E-state index in [-0.39, 0.29) is 0 Å². The Bertz CT molecular complexity index is 312. The van der Waals surface area contributed by atoms with Gasteiger partial charge in [0.15, 0.2) is 0 Å². The number of benzene rings is 1. The minimum absolute atomic E-state index is 0.814. The highest BCUT2D eigenvalue weighted by molar-refractivity contribution is 7.99. The van der Waals surface area contributed by atoms with Gasteiger partial charge in [0.2, 0.25) is 0 Å². The van der Waals surface area contributed by atoms with Gasteiger partial charge in [-0.3, -0.25) is 0 Å². The molecule has 0 amide bonds. The van der Waals surface area contributed by atoms with E-state index in [0.29, 0.717) is 0 Å². The van der Waals surface area contributed by atoms with Crippen LogP contribution >= 0.6 is 11.8 Å². The van der Waals surface area contributed by atoms with Crippen LogP contribution in [0.2, 0.25) is 0 Å². The maximum absolute atomic E-state index is 5.94. The van der Waals surface area contributed by atoms with E-state index in [1.165, 1.54) is 23.5 Å². The fraction of sp³-hybridized carbons (Fsp3) is 0.500. The van der Waals surface area contributed by atoms with Gasteiger partial charge in [-0.25, -0.2) is 0 Å². The van der Waals surface area contributed by atoms with E-state index in [9.17, 15) is 0 Å². The van der Waals surface area contributed by atoms with Gasteiger partial charge in [0.25, 0.3) is 0 Å². The Balaban J connectivity index is 1.97. The molecule has 0 aromatic heterocycles. The first-order valence-electron chi connectivity index (χ1n) is 5.44. The zero-order valence-electron chi connectivity index (χ0n) is 9.12. The van der Waals surface area contributed by atoms with Crippen molar-refractivity contribution in [3.8, 4) is 0 Å². The summed E-state index contributed by atoms with van der Waals surface area (Å²) in [6.45, 7) is 3.16. The number of nitrogens with two attached hydrogens (primary N) is 1.